The molecule has 194 valence electrons. The fourth-order valence-electron chi connectivity index (χ4n) is 5.07. The van der Waals surface area contributed by atoms with Crippen LogP contribution in [0.2, 0.25) is 0 Å². The minimum Gasteiger partial charge on any atom is -0.488 e. The number of carbonyl (C=O) groups is 1. The number of nitrogens with zero attached hydrogens (tertiary/aromatic N) is 4. The first-order valence-electron chi connectivity index (χ1n) is 11.7. The number of carbonyl (C=O) groups excluding carboxylic acids is 1. The van der Waals surface area contributed by atoms with Crippen LogP contribution in [0, 0.1) is 11.8 Å². The fraction of sp³-hybridized carbons (Fsp3) is 0.360. The lowest BCUT2D eigenvalue weighted by Gasteiger charge is -2.31. The van der Waals surface area contributed by atoms with Crippen LogP contribution in [-0.4, -0.2) is 64.0 Å². The van der Waals surface area contributed by atoms with Crippen molar-refractivity contribution in [3.05, 3.63) is 53.9 Å². The van der Waals surface area contributed by atoms with Gasteiger partial charge >= 0.3 is 0 Å². The van der Waals surface area contributed by atoms with Gasteiger partial charge in [0.05, 0.1) is 23.0 Å². The molecule has 2 bridgehead atoms. The topological polar surface area (TPSA) is 106 Å². The molecule has 2 aliphatic rings. The highest BCUT2D eigenvalue weighted by Crippen LogP contribution is 2.40. The van der Waals surface area contributed by atoms with Gasteiger partial charge in [-0.25, -0.2) is 28.1 Å². The maximum Gasteiger partial charge on any atom is 0.272 e. The van der Waals surface area contributed by atoms with Crippen molar-refractivity contribution in [2.75, 3.05) is 25.9 Å². The highest BCUT2D eigenvalue weighted by Gasteiger charge is 2.49. The maximum absolute atomic E-state index is 15.7. The summed E-state index contributed by atoms with van der Waals surface area (Å²) in [5, 5.41) is 3.02. The Morgan fingerprint density at radius 1 is 1.24 bits per heavy atom. The summed E-state index contributed by atoms with van der Waals surface area (Å²) in [6.45, 7) is -0.105. The number of benzene rings is 1. The molecule has 12 heteroatoms. The second-order valence-electron chi connectivity index (χ2n) is 9.42. The number of hydrogen-bond acceptors (Lipinski definition) is 7. The molecule has 5 rings (SSSR count). The van der Waals surface area contributed by atoms with Crippen molar-refractivity contribution in [3.8, 4) is 28.4 Å². The Balaban J connectivity index is 1.53. The quantitative estimate of drug-likeness (QED) is 0.462. The van der Waals surface area contributed by atoms with Crippen molar-refractivity contribution in [2.24, 2.45) is 0 Å². The van der Waals surface area contributed by atoms with Gasteiger partial charge in [-0.05, 0) is 56.6 Å². The molecule has 2 fully saturated rings. The van der Waals surface area contributed by atoms with Gasteiger partial charge in [0.15, 0.2) is 11.6 Å². The number of fused-ring (bicyclic) bond motifs is 2. The normalized spacial score (nSPS) is 21.0. The summed E-state index contributed by atoms with van der Waals surface area (Å²) < 4.78 is 59.7. The Labute approximate surface area is 209 Å². The second kappa shape index (κ2) is 9.58. The number of piperidine rings is 1. The summed E-state index contributed by atoms with van der Waals surface area (Å²) in [4.78, 5) is 27.2. The van der Waals surface area contributed by atoms with Crippen molar-refractivity contribution in [2.45, 2.75) is 37.3 Å². The van der Waals surface area contributed by atoms with Gasteiger partial charge in [0, 0.05) is 18.2 Å². The summed E-state index contributed by atoms with van der Waals surface area (Å²) in [6, 6.07) is 7.65. The first-order chi connectivity index (χ1) is 17.6. The van der Waals surface area contributed by atoms with Crippen molar-refractivity contribution in [3.63, 3.8) is 0 Å². The van der Waals surface area contributed by atoms with E-state index in [0.717, 1.165) is 25.5 Å². The first kappa shape index (κ1) is 24.9. The van der Waals surface area contributed by atoms with Crippen LogP contribution in [0.4, 0.5) is 23.4 Å². The molecule has 3 heterocycles. The Kier molecular flexibility index (Phi) is 6.44. The Morgan fingerprint density at radius 2 is 2.00 bits per heavy atom. The molecule has 1 saturated carbocycles. The molecule has 2 unspecified atom stereocenters. The lowest BCUT2D eigenvalue weighted by atomic mass is 9.97. The summed E-state index contributed by atoms with van der Waals surface area (Å²) in [6.07, 6.45) is 0.943. The minimum atomic E-state index is -2.63. The standard InChI is InChI=1S/C25H24F4N6O2/c1-35-12-25(7-6-14(35)9-25)34-24(36)16-8-17(13-2-4-15(5-3-13)37-11-19(26)27)32-21(20(16)28)18-10-31-23(30)22(29)33-18/h2-5,8,10,14,19H,6-7,9,11-12H2,1H3,(H2,30,31)(H,34,36). The molecule has 2 aromatic heterocycles. The summed E-state index contributed by atoms with van der Waals surface area (Å²) in [7, 11) is 1.99. The highest BCUT2D eigenvalue weighted by molar-refractivity contribution is 5.97. The number of nitrogens with one attached hydrogen (secondary N) is 1. The van der Waals surface area contributed by atoms with Gasteiger partial charge in [-0.15, -0.1) is 0 Å². The number of ether oxygens (including phenoxy) is 1. The van der Waals surface area contributed by atoms with E-state index in [0.29, 0.717) is 18.2 Å². The predicted molar refractivity (Wildman–Crippen MR) is 127 cm³/mol. The molecule has 3 aromatic rings. The van der Waals surface area contributed by atoms with E-state index in [-0.39, 0.29) is 28.4 Å². The molecular weight excluding hydrogens is 492 g/mol. The van der Waals surface area contributed by atoms with Crippen molar-refractivity contribution < 1.29 is 27.1 Å². The van der Waals surface area contributed by atoms with Crippen molar-refractivity contribution >= 4 is 11.7 Å². The van der Waals surface area contributed by atoms with E-state index in [4.69, 9.17) is 10.5 Å². The van der Waals surface area contributed by atoms with Crippen LogP contribution < -0.4 is 15.8 Å². The zero-order valence-electron chi connectivity index (χ0n) is 19.8. The third kappa shape index (κ3) is 4.93. The smallest absolute Gasteiger partial charge is 0.272 e. The molecule has 1 aliphatic heterocycles. The molecule has 3 N–H and O–H groups in total. The van der Waals surface area contributed by atoms with Crippen molar-refractivity contribution in [1.29, 1.82) is 0 Å². The number of nitrogen functional groups attached to an aromatic ring is 1. The van der Waals surface area contributed by atoms with Gasteiger partial charge in [-0.1, -0.05) is 0 Å². The number of halogens is 4. The summed E-state index contributed by atoms with van der Waals surface area (Å²) >= 11 is 0. The van der Waals surface area contributed by atoms with E-state index in [9.17, 15) is 18.0 Å². The molecule has 1 aliphatic carbocycles. The highest BCUT2D eigenvalue weighted by atomic mass is 19.3. The van der Waals surface area contributed by atoms with Gasteiger partial charge in [-0.3, -0.25) is 4.79 Å². The minimum absolute atomic E-state index is 0.186. The molecule has 0 radical (unpaired) electrons. The number of aromatic nitrogens is 3. The van der Waals surface area contributed by atoms with E-state index in [1.54, 1.807) is 0 Å². The van der Waals surface area contributed by atoms with Crippen LogP contribution in [0.15, 0.2) is 36.5 Å². The van der Waals surface area contributed by atoms with E-state index < -0.39 is 42.1 Å². The Bertz CT molecular complexity index is 1340. The van der Waals surface area contributed by atoms with Crippen LogP contribution in [0.3, 0.4) is 0 Å². The van der Waals surface area contributed by atoms with Crippen LogP contribution >= 0.6 is 0 Å². The summed E-state index contributed by atoms with van der Waals surface area (Å²) in [5.41, 5.74) is 4.68. The van der Waals surface area contributed by atoms with E-state index in [1.807, 2.05) is 7.05 Å². The zero-order valence-corrected chi connectivity index (χ0v) is 19.8. The fourth-order valence-corrected chi connectivity index (χ4v) is 5.07. The number of amides is 1. The van der Waals surface area contributed by atoms with Gasteiger partial charge in [-0.2, -0.15) is 4.39 Å². The first-order valence-corrected chi connectivity index (χ1v) is 11.7. The van der Waals surface area contributed by atoms with Crippen LogP contribution in [0.25, 0.3) is 22.6 Å². The van der Waals surface area contributed by atoms with Gasteiger partial charge in [0.25, 0.3) is 18.3 Å². The lowest BCUT2D eigenvalue weighted by molar-refractivity contribution is 0.0819. The Hall–Kier alpha value is -3.80. The number of hydrogen-bond donors (Lipinski definition) is 2. The second-order valence-corrected chi connectivity index (χ2v) is 9.42. The number of pyridine rings is 1. The average molecular weight is 516 g/mol. The molecule has 1 saturated heterocycles. The number of rotatable bonds is 7. The Morgan fingerprint density at radius 3 is 2.62 bits per heavy atom. The number of anilines is 1. The number of alkyl halides is 2. The van der Waals surface area contributed by atoms with E-state index in [1.165, 1.54) is 30.3 Å². The molecule has 2 atom stereocenters. The van der Waals surface area contributed by atoms with Crippen LogP contribution in [0.1, 0.15) is 29.6 Å². The SMILES string of the molecule is CN1CC2(NC(=O)c3cc(-c4ccc(OCC(F)F)cc4)nc(-c4cnc(N)c(F)n4)c3F)CCC1C2. The molecular formula is C25H24F4N6O2. The van der Waals surface area contributed by atoms with E-state index in [2.05, 4.69) is 25.2 Å². The largest absolute Gasteiger partial charge is 0.488 e. The third-order valence-electron chi connectivity index (χ3n) is 6.86. The number of likely N-dealkylation sites (tertiary alicyclic amines) is 1. The third-order valence-corrected chi connectivity index (χ3v) is 6.86. The molecule has 0 spiro atoms. The molecule has 1 aromatic carbocycles. The number of likely N-dealkylation sites (N-methyl/N-ethyl adjacent to an activating group) is 1. The van der Waals surface area contributed by atoms with Crippen LogP contribution in [0.5, 0.6) is 5.75 Å². The maximum atomic E-state index is 15.7. The number of nitrogens with two attached hydrogens (primary N) is 1. The monoisotopic (exact) mass is 516 g/mol. The van der Waals surface area contributed by atoms with Crippen LogP contribution in [-0.2, 0) is 0 Å². The average Bonchev–Trinajstić information content (AvgIpc) is 3.42. The predicted octanol–water partition coefficient (Wildman–Crippen LogP) is 3.68. The van der Waals surface area contributed by atoms with Gasteiger partial charge < -0.3 is 20.7 Å². The lowest BCUT2D eigenvalue weighted by Crippen LogP contribution is -2.50. The molecule has 37 heavy (non-hydrogen) atoms. The molecule has 1 amide bonds. The van der Waals surface area contributed by atoms with Crippen molar-refractivity contribution in [1.82, 2.24) is 25.2 Å². The van der Waals surface area contributed by atoms with Gasteiger partial charge in [0.2, 0.25) is 0 Å². The zero-order chi connectivity index (χ0) is 26.3. The van der Waals surface area contributed by atoms with E-state index >= 15 is 4.39 Å². The summed E-state index contributed by atoms with van der Waals surface area (Å²) in [5.74, 6) is -2.96. The molecule has 8 nitrogen and oxygen atoms in total. The van der Waals surface area contributed by atoms with Gasteiger partial charge in [0.1, 0.15) is 23.7 Å².